The summed E-state index contributed by atoms with van der Waals surface area (Å²) in [5.74, 6) is 1.28. The summed E-state index contributed by atoms with van der Waals surface area (Å²) in [6.07, 6.45) is 2.99. The van der Waals surface area contributed by atoms with Crippen molar-refractivity contribution in [2.24, 2.45) is 0 Å². The van der Waals surface area contributed by atoms with Crippen LogP contribution in [0, 0.1) is 6.92 Å². The maximum Gasteiger partial charge on any atom is 0.230 e. The molecule has 0 aliphatic rings. The number of hydrogen-bond donors (Lipinski definition) is 1. The molecule has 0 saturated carbocycles. The van der Waals surface area contributed by atoms with Gasteiger partial charge in [-0.2, -0.15) is 0 Å². The van der Waals surface area contributed by atoms with Gasteiger partial charge in [0.25, 0.3) is 0 Å². The predicted molar refractivity (Wildman–Crippen MR) is 70.1 cm³/mol. The fourth-order valence-corrected chi connectivity index (χ4v) is 1.81. The molecule has 0 aliphatic carbocycles. The van der Waals surface area contributed by atoms with Crippen molar-refractivity contribution in [1.82, 2.24) is 15.1 Å². The van der Waals surface area contributed by atoms with Crippen LogP contribution in [0.5, 0.6) is 0 Å². The minimum Gasteiger partial charge on any atom is -0.424 e. The molecule has 0 saturated heterocycles. The predicted octanol–water partition coefficient (Wildman–Crippen LogP) is 2.14. The Bertz CT molecular complexity index is 344. The van der Waals surface area contributed by atoms with Gasteiger partial charge in [0.1, 0.15) is 0 Å². The highest BCUT2D eigenvalue weighted by atomic mass is 16.4. The van der Waals surface area contributed by atoms with Crippen LogP contribution in [-0.4, -0.2) is 38.9 Å². The van der Waals surface area contributed by atoms with Crippen LogP contribution in [0.4, 0.5) is 0 Å². The zero-order valence-corrected chi connectivity index (χ0v) is 11.9. The molecule has 5 nitrogen and oxygen atoms in total. The van der Waals surface area contributed by atoms with E-state index in [1.807, 2.05) is 0 Å². The number of aromatic nitrogens is 2. The van der Waals surface area contributed by atoms with Crippen LogP contribution < -0.4 is 0 Å². The van der Waals surface area contributed by atoms with Crippen molar-refractivity contribution in [3.8, 4) is 0 Å². The normalized spacial score (nSPS) is 12.3. The van der Waals surface area contributed by atoms with Crippen molar-refractivity contribution < 1.29 is 9.52 Å². The monoisotopic (exact) mass is 255 g/mol. The molecule has 0 fully saturated rings. The second-order valence-corrected chi connectivity index (χ2v) is 5.59. The van der Waals surface area contributed by atoms with E-state index in [1.165, 1.54) is 0 Å². The van der Waals surface area contributed by atoms with Gasteiger partial charge in [0.15, 0.2) is 0 Å². The maximum atomic E-state index is 8.78. The first-order valence-electron chi connectivity index (χ1n) is 6.58. The van der Waals surface area contributed by atoms with Crippen LogP contribution in [-0.2, 0) is 6.54 Å². The Labute approximate surface area is 109 Å². The van der Waals surface area contributed by atoms with Gasteiger partial charge in [-0.1, -0.05) is 0 Å². The molecule has 0 bridgehead atoms. The van der Waals surface area contributed by atoms with Gasteiger partial charge in [-0.15, -0.1) is 10.2 Å². The molecule has 0 aromatic carbocycles. The largest absolute Gasteiger partial charge is 0.424 e. The number of aliphatic hydroxyl groups excluding tert-OH is 1. The maximum absolute atomic E-state index is 8.78. The highest BCUT2D eigenvalue weighted by Crippen LogP contribution is 2.17. The zero-order chi connectivity index (χ0) is 13.6. The Morgan fingerprint density at radius 2 is 1.89 bits per heavy atom. The smallest absolute Gasteiger partial charge is 0.230 e. The van der Waals surface area contributed by atoms with Gasteiger partial charge in [-0.25, -0.2) is 0 Å². The molecule has 1 aromatic heterocycles. The fourth-order valence-electron chi connectivity index (χ4n) is 1.81. The second-order valence-electron chi connectivity index (χ2n) is 5.59. The van der Waals surface area contributed by atoms with Gasteiger partial charge in [-0.3, -0.25) is 4.90 Å². The molecule has 0 atom stereocenters. The van der Waals surface area contributed by atoms with Gasteiger partial charge < -0.3 is 9.52 Å². The van der Waals surface area contributed by atoms with E-state index >= 15 is 0 Å². The molecular weight excluding hydrogens is 230 g/mol. The van der Waals surface area contributed by atoms with Crippen LogP contribution in [0.2, 0.25) is 0 Å². The van der Waals surface area contributed by atoms with Crippen LogP contribution in [0.25, 0.3) is 0 Å². The molecule has 1 aromatic rings. The minimum atomic E-state index is 0.0710. The first-order valence-corrected chi connectivity index (χ1v) is 6.58. The number of aliphatic hydroxyl groups is 1. The third-order valence-corrected chi connectivity index (χ3v) is 2.93. The number of aryl methyl sites for hydroxylation is 1. The number of unbranched alkanes of at least 4 members (excludes halogenated alkanes) is 2. The van der Waals surface area contributed by atoms with Gasteiger partial charge in [0.2, 0.25) is 11.8 Å². The third-order valence-electron chi connectivity index (χ3n) is 2.93. The van der Waals surface area contributed by atoms with Crippen molar-refractivity contribution in [2.45, 2.75) is 59.0 Å². The average Bonchev–Trinajstić information content (AvgIpc) is 2.67. The SMILES string of the molecule is Cc1nnc(CN(CCCCCO)C(C)(C)C)o1. The zero-order valence-electron chi connectivity index (χ0n) is 11.9. The molecule has 5 heteroatoms. The molecule has 0 unspecified atom stereocenters. The molecule has 0 aliphatic heterocycles. The van der Waals surface area contributed by atoms with Crippen LogP contribution in [0.15, 0.2) is 4.42 Å². The standard InChI is InChI=1S/C13H25N3O2/c1-11-14-15-12(18-11)10-16(13(2,3)4)8-6-5-7-9-17/h17H,5-10H2,1-4H3. The summed E-state index contributed by atoms with van der Waals surface area (Å²) in [7, 11) is 0. The Balaban J connectivity index is 2.51. The summed E-state index contributed by atoms with van der Waals surface area (Å²) in [6.45, 7) is 10.3. The highest BCUT2D eigenvalue weighted by molar-refractivity contribution is 4.84. The summed E-state index contributed by atoms with van der Waals surface area (Å²) in [5.41, 5.74) is 0.0710. The molecule has 1 heterocycles. The lowest BCUT2D eigenvalue weighted by Gasteiger charge is -2.34. The Kier molecular flexibility index (Phi) is 5.75. The first kappa shape index (κ1) is 15.1. The molecule has 18 heavy (non-hydrogen) atoms. The van der Waals surface area contributed by atoms with E-state index in [1.54, 1.807) is 6.92 Å². The summed E-state index contributed by atoms with van der Waals surface area (Å²) in [5, 5.41) is 16.7. The molecule has 0 radical (unpaired) electrons. The van der Waals surface area contributed by atoms with E-state index in [2.05, 4.69) is 35.9 Å². The third kappa shape index (κ3) is 5.14. The van der Waals surface area contributed by atoms with E-state index in [9.17, 15) is 0 Å². The van der Waals surface area contributed by atoms with E-state index in [0.29, 0.717) is 18.3 Å². The Morgan fingerprint density at radius 1 is 1.17 bits per heavy atom. The average molecular weight is 255 g/mol. The second kappa shape index (κ2) is 6.85. The number of hydrogen-bond acceptors (Lipinski definition) is 5. The van der Waals surface area contributed by atoms with Crippen molar-refractivity contribution >= 4 is 0 Å². The lowest BCUT2D eigenvalue weighted by Crippen LogP contribution is -2.41. The molecule has 0 amide bonds. The fraction of sp³-hybridized carbons (Fsp3) is 0.846. The van der Waals surface area contributed by atoms with Crippen LogP contribution in [0.1, 0.15) is 51.8 Å². The van der Waals surface area contributed by atoms with Crippen molar-refractivity contribution in [3.63, 3.8) is 0 Å². The lowest BCUT2D eigenvalue weighted by molar-refractivity contribution is 0.111. The van der Waals surface area contributed by atoms with E-state index < -0.39 is 0 Å². The molecule has 1 N–H and O–H groups in total. The van der Waals surface area contributed by atoms with Crippen molar-refractivity contribution in [1.29, 1.82) is 0 Å². The highest BCUT2D eigenvalue weighted by Gasteiger charge is 2.22. The van der Waals surface area contributed by atoms with E-state index in [0.717, 1.165) is 25.8 Å². The quantitative estimate of drug-likeness (QED) is 0.756. The molecule has 104 valence electrons. The van der Waals surface area contributed by atoms with Gasteiger partial charge in [0, 0.05) is 19.1 Å². The van der Waals surface area contributed by atoms with Gasteiger partial charge in [0.05, 0.1) is 6.54 Å². The summed E-state index contributed by atoms with van der Waals surface area (Å²) in [6, 6.07) is 0. The van der Waals surface area contributed by atoms with Crippen molar-refractivity contribution in [3.05, 3.63) is 11.8 Å². The van der Waals surface area contributed by atoms with Crippen molar-refractivity contribution in [2.75, 3.05) is 13.2 Å². The summed E-state index contributed by atoms with van der Waals surface area (Å²) in [4.78, 5) is 2.33. The van der Waals surface area contributed by atoms with E-state index in [-0.39, 0.29) is 12.1 Å². The van der Waals surface area contributed by atoms with Gasteiger partial charge in [-0.05, 0) is 46.6 Å². The summed E-state index contributed by atoms with van der Waals surface area (Å²) < 4.78 is 5.43. The number of rotatable bonds is 7. The van der Waals surface area contributed by atoms with Crippen LogP contribution >= 0.6 is 0 Å². The van der Waals surface area contributed by atoms with E-state index in [4.69, 9.17) is 9.52 Å². The molecule has 1 rings (SSSR count). The topological polar surface area (TPSA) is 62.4 Å². The van der Waals surface area contributed by atoms with Crippen LogP contribution in [0.3, 0.4) is 0 Å². The summed E-state index contributed by atoms with van der Waals surface area (Å²) >= 11 is 0. The molecular formula is C13H25N3O2. The Hall–Kier alpha value is -0.940. The molecule has 0 spiro atoms. The number of nitrogens with zero attached hydrogens (tertiary/aromatic N) is 3. The Morgan fingerprint density at radius 3 is 2.39 bits per heavy atom. The van der Waals surface area contributed by atoms with Gasteiger partial charge >= 0.3 is 0 Å². The first-order chi connectivity index (χ1) is 8.43. The lowest BCUT2D eigenvalue weighted by atomic mass is 10.1. The minimum absolute atomic E-state index is 0.0710.